The Hall–Kier alpha value is -0.900. The molecule has 1 N–H and O–H groups in total. The van der Waals surface area contributed by atoms with Crippen LogP contribution in [0.1, 0.15) is 78.0 Å². The van der Waals surface area contributed by atoms with E-state index in [9.17, 15) is 0 Å². The first-order valence-electron chi connectivity index (χ1n) is 8.74. The molecule has 21 heavy (non-hydrogen) atoms. The van der Waals surface area contributed by atoms with Gasteiger partial charge in [-0.05, 0) is 43.6 Å². The highest BCUT2D eigenvalue weighted by Gasteiger charge is 2.43. The molecule has 0 amide bonds. The van der Waals surface area contributed by atoms with Crippen molar-refractivity contribution in [1.29, 1.82) is 0 Å². The molecule has 0 aliphatic heterocycles. The second kappa shape index (κ2) is 7.39. The SMILES string of the molecule is CCCn1nncc1C(NCC)C1(CC(C)C)CCCC1. The lowest BCUT2D eigenvalue weighted by Crippen LogP contribution is -2.39. The van der Waals surface area contributed by atoms with Gasteiger partial charge in [-0.15, -0.1) is 5.10 Å². The Morgan fingerprint density at radius 1 is 1.29 bits per heavy atom. The fourth-order valence-electron chi connectivity index (χ4n) is 4.22. The number of hydrogen-bond donors (Lipinski definition) is 1. The van der Waals surface area contributed by atoms with Gasteiger partial charge in [0.1, 0.15) is 0 Å². The first-order chi connectivity index (χ1) is 10.1. The van der Waals surface area contributed by atoms with Crippen LogP contribution in [-0.4, -0.2) is 21.5 Å². The third-order valence-electron chi connectivity index (χ3n) is 4.81. The maximum Gasteiger partial charge on any atom is 0.0762 e. The van der Waals surface area contributed by atoms with E-state index in [0.717, 1.165) is 25.4 Å². The van der Waals surface area contributed by atoms with Crippen LogP contribution in [0.4, 0.5) is 0 Å². The van der Waals surface area contributed by atoms with E-state index < -0.39 is 0 Å². The molecule has 1 atom stereocenters. The van der Waals surface area contributed by atoms with Crippen molar-refractivity contribution in [2.24, 2.45) is 11.3 Å². The Labute approximate surface area is 129 Å². The smallest absolute Gasteiger partial charge is 0.0762 e. The molecule has 1 fully saturated rings. The summed E-state index contributed by atoms with van der Waals surface area (Å²) in [5, 5.41) is 12.3. The van der Waals surface area contributed by atoms with E-state index in [0.29, 0.717) is 11.5 Å². The van der Waals surface area contributed by atoms with Gasteiger partial charge < -0.3 is 5.32 Å². The van der Waals surface area contributed by atoms with Gasteiger partial charge in [-0.1, -0.05) is 45.7 Å². The first-order valence-corrected chi connectivity index (χ1v) is 8.74. The van der Waals surface area contributed by atoms with Crippen LogP contribution in [0, 0.1) is 11.3 Å². The number of nitrogens with zero attached hydrogens (tertiary/aromatic N) is 3. The molecule has 2 rings (SSSR count). The lowest BCUT2D eigenvalue weighted by molar-refractivity contribution is 0.149. The Morgan fingerprint density at radius 2 is 2.00 bits per heavy atom. The number of rotatable bonds is 8. The van der Waals surface area contributed by atoms with Crippen LogP contribution < -0.4 is 5.32 Å². The predicted molar refractivity (Wildman–Crippen MR) is 87.1 cm³/mol. The van der Waals surface area contributed by atoms with Gasteiger partial charge in [0.15, 0.2) is 0 Å². The maximum absolute atomic E-state index is 4.32. The molecule has 1 aromatic rings. The molecular formula is C17H32N4. The quantitative estimate of drug-likeness (QED) is 0.789. The third kappa shape index (κ3) is 3.65. The summed E-state index contributed by atoms with van der Waals surface area (Å²) < 4.78 is 2.12. The molecule has 4 nitrogen and oxygen atoms in total. The Bertz CT molecular complexity index is 418. The van der Waals surface area contributed by atoms with Crippen LogP contribution in [-0.2, 0) is 6.54 Å². The van der Waals surface area contributed by atoms with E-state index in [1.807, 2.05) is 6.20 Å². The van der Waals surface area contributed by atoms with Crippen molar-refractivity contribution in [3.8, 4) is 0 Å². The third-order valence-corrected chi connectivity index (χ3v) is 4.81. The van der Waals surface area contributed by atoms with E-state index in [2.05, 4.69) is 48.0 Å². The van der Waals surface area contributed by atoms with Crippen molar-refractivity contribution in [2.75, 3.05) is 6.54 Å². The maximum atomic E-state index is 4.32. The normalized spacial score (nSPS) is 19.3. The van der Waals surface area contributed by atoms with Crippen molar-refractivity contribution in [2.45, 2.75) is 78.8 Å². The van der Waals surface area contributed by atoms with Gasteiger partial charge in [-0.3, -0.25) is 0 Å². The summed E-state index contributed by atoms with van der Waals surface area (Å²) in [5.74, 6) is 0.736. The molecule has 0 saturated heterocycles. The monoisotopic (exact) mass is 292 g/mol. The molecule has 0 bridgehead atoms. The van der Waals surface area contributed by atoms with Gasteiger partial charge >= 0.3 is 0 Å². The molecule has 4 heteroatoms. The number of nitrogens with one attached hydrogen (secondary N) is 1. The molecule has 1 aliphatic carbocycles. The fourth-order valence-corrected chi connectivity index (χ4v) is 4.22. The minimum absolute atomic E-state index is 0.386. The van der Waals surface area contributed by atoms with Gasteiger partial charge in [-0.2, -0.15) is 0 Å². The van der Waals surface area contributed by atoms with E-state index in [4.69, 9.17) is 0 Å². The number of hydrogen-bond acceptors (Lipinski definition) is 3. The summed E-state index contributed by atoms with van der Waals surface area (Å²) in [4.78, 5) is 0. The lowest BCUT2D eigenvalue weighted by atomic mass is 9.71. The average molecular weight is 292 g/mol. The van der Waals surface area contributed by atoms with Crippen LogP contribution in [0.3, 0.4) is 0 Å². The fraction of sp³-hybridized carbons (Fsp3) is 0.882. The van der Waals surface area contributed by atoms with E-state index >= 15 is 0 Å². The van der Waals surface area contributed by atoms with Gasteiger partial charge in [0.2, 0.25) is 0 Å². The zero-order valence-electron chi connectivity index (χ0n) is 14.2. The summed E-state index contributed by atoms with van der Waals surface area (Å²) >= 11 is 0. The standard InChI is InChI=1S/C17H32N4/c1-5-11-21-15(13-19-20-21)16(18-6-2)17(12-14(3)4)9-7-8-10-17/h13-14,16,18H,5-12H2,1-4H3. The van der Waals surface area contributed by atoms with Crippen molar-refractivity contribution in [1.82, 2.24) is 20.3 Å². The lowest BCUT2D eigenvalue weighted by Gasteiger charge is -2.39. The molecule has 0 spiro atoms. The molecule has 0 radical (unpaired) electrons. The summed E-state index contributed by atoms with van der Waals surface area (Å²) in [5.41, 5.74) is 1.68. The van der Waals surface area contributed by atoms with E-state index in [-0.39, 0.29) is 0 Å². The Morgan fingerprint density at radius 3 is 2.57 bits per heavy atom. The van der Waals surface area contributed by atoms with Crippen LogP contribution >= 0.6 is 0 Å². The van der Waals surface area contributed by atoms with E-state index in [1.165, 1.54) is 37.8 Å². The molecule has 120 valence electrons. The highest BCUT2D eigenvalue weighted by molar-refractivity contribution is 5.11. The van der Waals surface area contributed by atoms with Crippen molar-refractivity contribution < 1.29 is 0 Å². The second-order valence-corrected chi connectivity index (χ2v) is 7.04. The summed E-state index contributed by atoms with van der Waals surface area (Å²) in [6, 6.07) is 0.397. The first kappa shape index (κ1) is 16.5. The van der Waals surface area contributed by atoms with Crippen LogP contribution in [0.15, 0.2) is 6.20 Å². The minimum atomic E-state index is 0.386. The average Bonchev–Trinajstić information content (AvgIpc) is 3.06. The zero-order chi connectivity index (χ0) is 15.3. The van der Waals surface area contributed by atoms with E-state index in [1.54, 1.807) is 0 Å². The molecule has 0 aromatic carbocycles. The number of aromatic nitrogens is 3. The van der Waals surface area contributed by atoms with Crippen LogP contribution in [0.25, 0.3) is 0 Å². The van der Waals surface area contributed by atoms with Crippen molar-refractivity contribution in [3.05, 3.63) is 11.9 Å². The largest absolute Gasteiger partial charge is 0.308 e. The predicted octanol–water partition coefficient (Wildman–Crippen LogP) is 3.95. The zero-order valence-corrected chi connectivity index (χ0v) is 14.2. The molecule has 1 unspecified atom stereocenters. The molecule has 1 aliphatic rings. The van der Waals surface area contributed by atoms with Gasteiger partial charge in [0.25, 0.3) is 0 Å². The van der Waals surface area contributed by atoms with Crippen LogP contribution in [0.2, 0.25) is 0 Å². The van der Waals surface area contributed by atoms with Crippen molar-refractivity contribution >= 4 is 0 Å². The Balaban J connectivity index is 2.33. The van der Waals surface area contributed by atoms with Gasteiger partial charge in [-0.25, -0.2) is 4.68 Å². The van der Waals surface area contributed by atoms with Gasteiger partial charge in [0.05, 0.1) is 17.9 Å². The highest BCUT2D eigenvalue weighted by Crippen LogP contribution is 2.51. The summed E-state index contributed by atoms with van der Waals surface area (Å²) in [6.07, 6.45) is 9.78. The topological polar surface area (TPSA) is 42.7 Å². The highest BCUT2D eigenvalue weighted by atomic mass is 15.4. The second-order valence-electron chi connectivity index (χ2n) is 7.04. The number of aryl methyl sites for hydroxylation is 1. The summed E-state index contributed by atoms with van der Waals surface area (Å²) in [7, 11) is 0. The molecule has 1 saturated carbocycles. The van der Waals surface area contributed by atoms with Gasteiger partial charge in [0, 0.05) is 6.54 Å². The summed E-state index contributed by atoms with van der Waals surface area (Å²) in [6.45, 7) is 11.1. The van der Waals surface area contributed by atoms with Crippen molar-refractivity contribution in [3.63, 3.8) is 0 Å². The molecular weight excluding hydrogens is 260 g/mol. The Kier molecular flexibility index (Phi) is 5.80. The van der Waals surface area contributed by atoms with Crippen LogP contribution in [0.5, 0.6) is 0 Å². The molecule has 1 aromatic heterocycles. The minimum Gasteiger partial charge on any atom is -0.308 e. The molecule has 1 heterocycles.